The molecule has 5 nitrogen and oxygen atoms in total. The highest BCUT2D eigenvalue weighted by Crippen LogP contribution is 2.35. The van der Waals surface area contributed by atoms with E-state index in [9.17, 15) is 9.59 Å². The van der Waals surface area contributed by atoms with E-state index in [1.54, 1.807) is 24.3 Å². The second-order valence-corrected chi connectivity index (χ2v) is 9.45. The molecule has 0 aliphatic heterocycles. The molecule has 0 saturated heterocycles. The second-order valence-electron chi connectivity index (χ2n) is 9.01. The third-order valence-corrected chi connectivity index (χ3v) is 4.69. The Labute approximate surface area is 177 Å². The summed E-state index contributed by atoms with van der Waals surface area (Å²) in [4.78, 5) is 24.2. The summed E-state index contributed by atoms with van der Waals surface area (Å²) < 4.78 is 5.77. The second kappa shape index (κ2) is 8.87. The Hall–Kier alpha value is -2.53. The van der Waals surface area contributed by atoms with Gasteiger partial charge in [0.2, 0.25) is 0 Å². The lowest BCUT2D eigenvalue weighted by atomic mass is 9.80. The van der Waals surface area contributed by atoms with E-state index in [2.05, 4.69) is 58.5 Å². The largest absolute Gasteiger partial charge is 0.483 e. The molecule has 0 spiro atoms. The number of carbonyl (C=O) groups is 2. The van der Waals surface area contributed by atoms with Crippen molar-refractivity contribution in [3.63, 3.8) is 0 Å². The Balaban J connectivity index is 2.00. The highest BCUT2D eigenvalue weighted by molar-refractivity contribution is 6.30. The zero-order valence-electron chi connectivity index (χ0n) is 17.9. The monoisotopic (exact) mass is 416 g/mol. The molecular formula is C23H29ClN2O3. The molecule has 6 heteroatoms. The first-order valence-electron chi connectivity index (χ1n) is 9.50. The molecule has 0 fully saturated rings. The van der Waals surface area contributed by atoms with E-state index in [-0.39, 0.29) is 17.4 Å². The van der Waals surface area contributed by atoms with E-state index in [0.717, 1.165) is 5.56 Å². The van der Waals surface area contributed by atoms with Crippen LogP contribution in [0.25, 0.3) is 0 Å². The topological polar surface area (TPSA) is 67.4 Å². The normalized spacial score (nSPS) is 11.7. The van der Waals surface area contributed by atoms with Crippen LogP contribution in [0.4, 0.5) is 0 Å². The van der Waals surface area contributed by atoms with Gasteiger partial charge in [0, 0.05) is 10.6 Å². The Bertz CT molecular complexity index is 878. The number of hydrogen-bond donors (Lipinski definition) is 2. The van der Waals surface area contributed by atoms with E-state index in [0.29, 0.717) is 16.3 Å². The zero-order chi connectivity index (χ0) is 21.8. The van der Waals surface area contributed by atoms with Gasteiger partial charge in [0.05, 0.1) is 0 Å². The smallest absolute Gasteiger partial charge is 0.276 e. The first kappa shape index (κ1) is 22.8. The summed E-state index contributed by atoms with van der Waals surface area (Å²) >= 11 is 5.80. The SMILES string of the molecule is CC(C)(C)c1ccc(OCC(=O)NNC(=O)c2ccc(Cl)cc2)c(C(C)(C)C)c1. The first-order valence-corrected chi connectivity index (χ1v) is 9.88. The van der Waals surface area contributed by atoms with Crippen LogP contribution >= 0.6 is 11.6 Å². The van der Waals surface area contributed by atoms with E-state index < -0.39 is 11.8 Å². The molecular weight excluding hydrogens is 388 g/mol. The van der Waals surface area contributed by atoms with Gasteiger partial charge < -0.3 is 4.74 Å². The fourth-order valence-corrected chi connectivity index (χ4v) is 2.81. The summed E-state index contributed by atoms with van der Waals surface area (Å²) in [7, 11) is 0. The van der Waals surface area contributed by atoms with Crippen molar-refractivity contribution in [2.24, 2.45) is 0 Å². The molecule has 0 aliphatic carbocycles. The van der Waals surface area contributed by atoms with Gasteiger partial charge in [-0.2, -0.15) is 0 Å². The molecule has 29 heavy (non-hydrogen) atoms. The van der Waals surface area contributed by atoms with Gasteiger partial charge in [-0.05, 0) is 52.3 Å². The van der Waals surface area contributed by atoms with Gasteiger partial charge in [-0.1, -0.05) is 65.3 Å². The Morgan fingerprint density at radius 3 is 2.07 bits per heavy atom. The van der Waals surface area contributed by atoms with Gasteiger partial charge in [0.15, 0.2) is 6.61 Å². The molecule has 2 aromatic rings. The van der Waals surface area contributed by atoms with Crippen LogP contribution in [-0.2, 0) is 15.6 Å². The third-order valence-electron chi connectivity index (χ3n) is 4.43. The maximum Gasteiger partial charge on any atom is 0.276 e. The molecule has 0 heterocycles. The number of amides is 2. The summed E-state index contributed by atoms with van der Waals surface area (Å²) in [5.74, 6) is -0.225. The Kier molecular flexibility index (Phi) is 6.96. The maximum absolute atomic E-state index is 12.1. The van der Waals surface area contributed by atoms with E-state index in [4.69, 9.17) is 16.3 Å². The number of nitrogens with one attached hydrogen (secondary N) is 2. The van der Waals surface area contributed by atoms with Crippen molar-refractivity contribution >= 4 is 23.4 Å². The quantitative estimate of drug-likeness (QED) is 0.705. The van der Waals surface area contributed by atoms with Crippen LogP contribution in [0, 0.1) is 0 Å². The Morgan fingerprint density at radius 2 is 1.52 bits per heavy atom. The number of carbonyl (C=O) groups excluding carboxylic acids is 2. The van der Waals surface area contributed by atoms with Crippen LogP contribution in [0.15, 0.2) is 42.5 Å². The van der Waals surface area contributed by atoms with Crippen molar-refractivity contribution in [2.75, 3.05) is 6.61 Å². The fraction of sp³-hybridized carbons (Fsp3) is 0.391. The highest BCUT2D eigenvalue weighted by atomic mass is 35.5. The number of hydrazine groups is 1. The van der Waals surface area contributed by atoms with Crippen LogP contribution in [0.5, 0.6) is 5.75 Å². The van der Waals surface area contributed by atoms with Crippen LogP contribution in [-0.4, -0.2) is 18.4 Å². The lowest BCUT2D eigenvalue weighted by Gasteiger charge is -2.27. The van der Waals surface area contributed by atoms with Crippen molar-refractivity contribution in [1.82, 2.24) is 10.9 Å². The number of ether oxygens (including phenoxy) is 1. The predicted molar refractivity (Wildman–Crippen MR) is 116 cm³/mol. The lowest BCUT2D eigenvalue weighted by Crippen LogP contribution is -2.43. The van der Waals surface area contributed by atoms with E-state index >= 15 is 0 Å². The van der Waals surface area contributed by atoms with Gasteiger partial charge in [0.1, 0.15) is 5.75 Å². The minimum Gasteiger partial charge on any atom is -0.483 e. The molecule has 156 valence electrons. The van der Waals surface area contributed by atoms with Crippen LogP contribution in [0.3, 0.4) is 0 Å². The minimum atomic E-state index is -0.452. The molecule has 0 bridgehead atoms. The van der Waals surface area contributed by atoms with Gasteiger partial charge >= 0.3 is 0 Å². The van der Waals surface area contributed by atoms with Crippen LogP contribution in [0.1, 0.15) is 63.0 Å². The zero-order valence-corrected chi connectivity index (χ0v) is 18.6. The summed E-state index contributed by atoms with van der Waals surface area (Å²) in [6.45, 7) is 12.6. The molecule has 2 rings (SSSR count). The van der Waals surface area contributed by atoms with Gasteiger partial charge in [0.25, 0.3) is 11.8 Å². The summed E-state index contributed by atoms with van der Waals surface area (Å²) in [6, 6.07) is 12.4. The van der Waals surface area contributed by atoms with Gasteiger partial charge in [-0.15, -0.1) is 0 Å². The van der Waals surface area contributed by atoms with Gasteiger partial charge in [-0.25, -0.2) is 0 Å². The maximum atomic E-state index is 12.1. The van der Waals surface area contributed by atoms with Crippen LogP contribution < -0.4 is 15.6 Å². The molecule has 2 N–H and O–H groups in total. The van der Waals surface area contributed by atoms with E-state index in [1.807, 2.05) is 12.1 Å². The number of hydrogen-bond acceptors (Lipinski definition) is 3. The standard InChI is InChI=1S/C23H29ClN2O3/c1-22(2,3)16-9-12-19(18(13-16)23(4,5)6)29-14-20(27)25-26-21(28)15-7-10-17(24)11-8-15/h7-13H,14H2,1-6H3,(H,25,27)(H,26,28). The molecule has 0 radical (unpaired) electrons. The van der Waals surface area contributed by atoms with Crippen molar-refractivity contribution in [1.29, 1.82) is 0 Å². The molecule has 0 aromatic heterocycles. The lowest BCUT2D eigenvalue weighted by molar-refractivity contribution is -0.123. The van der Waals surface area contributed by atoms with Gasteiger partial charge in [-0.3, -0.25) is 20.4 Å². The van der Waals surface area contributed by atoms with Crippen LogP contribution in [0.2, 0.25) is 5.02 Å². The predicted octanol–water partition coefficient (Wildman–Crippen LogP) is 4.78. The number of rotatable bonds is 4. The van der Waals surface area contributed by atoms with Crippen molar-refractivity contribution in [3.05, 3.63) is 64.2 Å². The summed E-state index contributed by atoms with van der Waals surface area (Å²) in [5, 5.41) is 0.533. The summed E-state index contributed by atoms with van der Waals surface area (Å²) in [6.07, 6.45) is 0. The minimum absolute atomic E-state index is 0.0157. The number of halogens is 1. The molecule has 0 unspecified atom stereocenters. The molecule has 0 atom stereocenters. The number of benzene rings is 2. The average molecular weight is 417 g/mol. The highest BCUT2D eigenvalue weighted by Gasteiger charge is 2.23. The van der Waals surface area contributed by atoms with E-state index in [1.165, 1.54) is 5.56 Å². The first-order chi connectivity index (χ1) is 13.4. The molecule has 0 saturated carbocycles. The van der Waals surface area contributed by atoms with Crippen molar-refractivity contribution in [3.8, 4) is 5.75 Å². The van der Waals surface area contributed by atoms with Crippen molar-refractivity contribution in [2.45, 2.75) is 52.4 Å². The molecule has 0 aliphatic rings. The fourth-order valence-electron chi connectivity index (χ4n) is 2.69. The van der Waals surface area contributed by atoms with Crippen molar-refractivity contribution < 1.29 is 14.3 Å². The third kappa shape index (κ3) is 6.50. The Morgan fingerprint density at radius 1 is 0.897 bits per heavy atom. The average Bonchev–Trinajstić information content (AvgIpc) is 2.63. The molecule has 2 aromatic carbocycles. The molecule has 2 amide bonds. The summed E-state index contributed by atoms with van der Waals surface area (Å²) in [5.41, 5.74) is 7.23.